The summed E-state index contributed by atoms with van der Waals surface area (Å²) in [5, 5.41) is 2.66. The molecule has 1 fully saturated rings. The molecular formula is C17H34N2O2. The van der Waals surface area contributed by atoms with E-state index in [9.17, 15) is 4.79 Å². The van der Waals surface area contributed by atoms with Gasteiger partial charge in [-0.05, 0) is 19.3 Å². The van der Waals surface area contributed by atoms with E-state index in [1.165, 1.54) is 6.08 Å². The van der Waals surface area contributed by atoms with Crippen molar-refractivity contribution >= 4 is 5.91 Å². The van der Waals surface area contributed by atoms with E-state index in [-0.39, 0.29) is 12.1 Å². The summed E-state index contributed by atoms with van der Waals surface area (Å²) in [5.41, 5.74) is 0. The number of carbonyl (C=O) groups excluding carboxylic acids is 1. The topological polar surface area (TPSA) is 41.6 Å². The molecule has 0 radical (unpaired) electrons. The van der Waals surface area contributed by atoms with Crippen molar-refractivity contribution in [2.24, 2.45) is 0 Å². The van der Waals surface area contributed by atoms with Gasteiger partial charge >= 0.3 is 0 Å². The van der Waals surface area contributed by atoms with Crippen LogP contribution in [0, 0.1) is 0 Å². The Labute approximate surface area is 131 Å². The highest BCUT2D eigenvalue weighted by atomic mass is 16.5. The summed E-state index contributed by atoms with van der Waals surface area (Å²) in [4.78, 5) is 12.9. The van der Waals surface area contributed by atoms with Gasteiger partial charge in [0.2, 0.25) is 0 Å². The van der Waals surface area contributed by atoms with Gasteiger partial charge in [-0.2, -0.15) is 0 Å². The highest BCUT2D eigenvalue weighted by Gasteiger charge is 2.30. The van der Waals surface area contributed by atoms with Crippen molar-refractivity contribution in [1.29, 1.82) is 0 Å². The van der Waals surface area contributed by atoms with Crippen LogP contribution < -0.4 is 5.32 Å². The van der Waals surface area contributed by atoms with E-state index in [1.54, 1.807) is 6.20 Å². The normalized spacial score (nSPS) is 22.9. The molecule has 4 heteroatoms. The molecular weight excluding hydrogens is 264 g/mol. The van der Waals surface area contributed by atoms with Crippen LogP contribution in [0.3, 0.4) is 0 Å². The van der Waals surface area contributed by atoms with Crippen molar-refractivity contribution in [2.45, 2.75) is 80.1 Å². The molecule has 21 heavy (non-hydrogen) atoms. The number of nitrogens with zero attached hydrogens (tertiary/aromatic N) is 1. The molecule has 4 nitrogen and oxygen atoms in total. The first kappa shape index (κ1) is 22.0. The summed E-state index contributed by atoms with van der Waals surface area (Å²) in [5.74, 6) is 0.477. The van der Waals surface area contributed by atoms with Gasteiger partial charge < -0.3 is 15.0 Å². The van der Waals surface area contributed by atoms with E-state index in [0.717, 1.165) is 19.3 Å². The van der Waals surface area contributed by atoms with Crippen molar-refractivity contribution in [3.8, 4) is 0 Å². The average molecular weight is 298 g/mol. The lowest BCUT2D eigenvalue weighted by Gasteiger charge is -2.31. The molecule has 2 rings (SSSR count). The third-order valence-electron chi connectivity index (χ3n) is 2.82. The molecule has 2 aliphatic rings. The van der Waals surface area contributed by atoms with E-state index in [1.807, 2.05) is 46.4 Å². The van der Waals surface area contributed by atoms with Crippen LogP contribution in [0.2, 0.25) is 0 Å². The molecule has 1 N–H and O–H groups in total. The second kappa shape index (κ2) is 13.7. The summed E-state index contributed by atoms with van der Waals surface area (Å²) in [6.45, 7) is 17.9. The van der Waals surface area contributed by atoms with Gasteiger partial charge in [0.1, 0.15) is 12.0 Å². The highest BCUT2D eigenvalue weighted by Crippen LogP contribution is 2.27. The highest BCUT2D eigenvalue weighted by molar-refractivity contribution is 5.89. The predicted octanol–water partition coefficient (Wildman–Crippen LogP) is 4.40. The molecule has 2 aliphatic heterocycles. The van der Waals surface area contributed by atoms with Crippen LogP contribution in [0.5, 0.6) is 0 Å². The number of carbonyl (C=O) groups is 1. The van der Waals surface area contributed by atoms with E-state index >= 15 is 0 Å². The van der Waals surface area contributed by atoms with Crippen molar-refractivity contribution in [1.82, 2.24) is 10.2 Å². The Morgan fingerprint density at radius 1 is 1.24 bits per heavy atom. The smallest absolute Gasteiger partial charge is 0.250 e. The Hall–Kier alpha value is -1.29. The lowest BCUT2D eigenvalue weighted by Crippen LogP contribution is -2.40. The van der Waals surface area contributed by atoms with E-state index in [0.29, 0.717) is 11.9 Å². The van der Waals surface area contributed by atoms with Gasteiger partial charge in [0, 0.05) is 12.3 Å². The summed E-state index contributed by atoms with van der Waals surface area (Å²) in [6.07, 6.45) is 6.70. The lowest BCUT2D eigenvalue weighted by atomic mass is 10.2. The van der Waals surface area contributed by atoms with Crippen molar-refractivity contribution in [2.75, 3.05) is 0 Å². The SMILES string of the molecule is C=C1NC(=O)C=CN1C1CCC(CC)O1.CC.CC.CC. The largest absolute Gasteiger partial charge is 0.355 e. The minimum atomic E-state index is -0.124. The van der Waals surface area contributed by atoms with Crippen LogP contribution in [-0.2, 0) is 9.53 Å². The Bertz CT molecular complexity index is 314. The third-order valence-corrected chi connectivity index (χ3v) is 2.82. The molecule has 2 atom stereocenters. The molecule has 0 spiro atoms. The molecule has 0 aliphatic carbocycles. The van der Waals surface area contributed by atoms with Gasteiger partial charge in [0.25, 0.3) is 5.91 Å². The number of amides is 1. The Kier molecular flexibility index (Phi) is 14.3. The quantitative estimate of drug-likeness (QED) is 0.821. The van der Waals surface area contributed by atoms with Gasteiger partial charge in [0.05, 0.1) is 6.10 Å². The van der Waals surface area contributed by atoms with Crippen LogP contribution in [0.15, 0.2) is 24.7 Å². The van der Waals surface area contributed by atoms with Gasteiger partial charge in [-0.1, -0.05) is 55.0 Å². The molecule has 0 aromatic carbocycles. The first-order valence-corrected chi connectivity index (χ1v) is 8.32. The van der Waals surface area contributed by atoms with Crippen molar-refractivity contribution < 1.29 is 9.53 Å². The van der Waals surface area contributed by atoms with E-state index in [4.69, 9.17) is 4.74 Å². The molecule has 2 heterocycles. The summed E-state index contributed by atoms with van der Waals surface area (Å²) < 4.78 is 5.82. The van der Waals surface area contributed by atoms with Crippen LogP contribution in [-0.4, -0.2) is 23.1 Å². The fourth-order valence-electron chi connectivity index (χ4n) is 1.95. The monoisotopic (exact) mass is 298 g/mol. The molecule has 0 bridgehead atoms. The van der Waals surface area contributed by atoms with Crippen molar-refractivity contribution in [3.63, 3.8) is 0 Å². The second-order valence-electron chi connectivity index (χ2n) is 3.86. The maximum Gasteiger partial charge on any atom is 0.250 e. The predicted molar refractivity (Wildman–Crippen MR) is 90.5 cm³/mol. The molecule has 0 aromatic rings. The number of hydrogen-bond donors (Lipinski definition) is 1. The standard InChI is InChI=1S/C11H16N2O2.3C2H6/c1-3-9-4-5-11(15-9)13-7-6-10(14)12-8(13)2;3*1-2/h6-7,9,11H,2-5H2,1H3,(H,12,14);3*1-2H3. The summed E-state index contributed by atoms with van der Waals surface area (Å²) in [7, 11) is 0. The third kappa shape index (κ3) is 7.32. The minimum Gasteiger partial charge on any atom is -0.355 e. The molecule has 124 valence electrons. The maximum absolute atomic E-state index is 11.0. The number of rotatable bonds is 2. The number of nitrogens with one attached hydrogen (secondary N) is 1. The Morgan fingerprint density at radius 3 is 2.24 bits per heavy atom. The molecule has 1 saturated heterocycles. The van der Waals surface area contributed by atoms with Crippen LogP contribution in [0.4, 0.5) is 0 Å². The summed E-state index contributed by atoms with van der Waals surface area (Å²) >= 11 is 0. The van der Waals surface area contributed by atoms with Gasteiger partial charge in [-0.15, -0.1) is 0 Å². The second-order valence-corrected chi connectivity index (χ2v) is 3.86. The van der Waals surface area contributed by atoms with Gasteiger partial charge in [0.15, 0.2) is 0 Å². The molecule has 2 unspecified atom stereocenters. The average Bonchev–Trinajstić information content (AvgIpc) is 3.02. The van der Waals surface area contributed by atoms with Crippen LogP contribution in [0.25, 0.3) is 0 Å². The molecule has 1 amide bonds. The minimum absolute atomic E-state index is 0.0271. The number of ether oxygens (including phenoxy) is 1. The fourth-order valence-corrected chi connectivity index (χ4v) is 1.95. The van der Waals surface area contributed by atoms with E-state index < -0.39 is 0 Å². The van der Waals surface area contributed by atoms with Gasteiger partial charge in [-0.3, -0.25) is 4.79 Å². The zero-order chi connectivity index (χ0) is 16.8. The summed E-state index contributed by atoms with van der Waals surface area (Å²) in [6, 6.07) is 0. The molecule has 0 aromatic heterocycles. The van der Waals surface area contributed by atoms with Crippen LogP contribution >= 0.6 is 0 Å². The van der Waals surface area contributed by atoms with Crippen molar-refractivity contribution in [3.05, 3.63) is 24.7 Å². The van der Waals surface area contributed by atoms with E-state index in [2.05, 4.69) is 18.8 Å². The van der Waals surface area contributed by atoms with Crippen LogP contribution in [0.1, 0.15) is 67.7 Å². The lowest BCUT2D eigenvalue weighted by molar-refractivity contribution is -0.117. The molecule has 0 saturated carbocycles. The first-order valence-electron chi connectivity index (χ1n) is 8.32. The Morgan fingerprint density at radius 2 is 1.81 bits per heavy atom. The number of hydrogen-bond acceptors (Lipinski definition) is 3. The fraction of sp³-hybridized carbons (Fsp3) is 0.706. The zero-order valence-electron chi connectivity index (χ0n) is 14.9. The first-order chi connectivity index (χ1) is 10.2. The van der Waals surface area contributed by atoms with Gasteiger partial charge in [-0.25, -0.2) is 0 Å². The zero-order valence-corrected chi connectivity index (χ0v) is 14.9. The maximum atomic E-state index is 11.0. The Balaban J connectivity index is 0.